The van der Waals surface area contributed by atoms with Crippen LogP contribution >= 0.6 is 0 Å². The monoisotopic (exact) mass is 293 g/mol. The predicted octanol–water partition coefficient (Wildman–Crippen LogP) is 2.17. The van der Waals surface area contributed by atoms with Crippen molar-refractivity contribution in [2.45, 2.75) is 57.8 Å². The highest BCUT2D eigenvalue weighted by Crippen LogP contribution is 2.35. The van der Waals surface area contributed by atoms with Crippen LogP contribution in [0.1, 0.15) is 44.1 Å². The minimum absolute atomic E-state index is 0.596. The van der Waals surface area contributed by atoms with E-state index in [0.717, 1.165) is 43.6 Å². The van der Waals surface area contributed by atoms with Crippen LogP contribution in [0.2, 0.25) is 0 Å². The molecule has 3 rings (SSSR count). The Balaban J connectivity index is 1.52. The van der Waals surface area contributed by atoms with Crippen molar-refractivity contribution in [1.29, 1.82) is 0 Å². The second-order valence-electron chi connectivity index (χ2n) is 6.48. The van der Waals surface area contributed by atoms with Gasteiger partial charge in [-0.3, -0.25) is 4.90 Å². The number of methoxy groups -OCH3 is 1. The molecule has 5 nitrogen and oxygen atoms in total. The van der Waals surface area contributed by atoms with Gasteiger partial charge in [0.05, 0.1) is 18.8 Å². The number of nitrogens with zero attached hydrogens (tertiary/aromatic N) is 2. The lowest BCUT2D eigenvalue weighted by Gasteiger charge is -2.27. The first kappa shape index (κ1) is 15.0. The maximum absolute atomic E-state index is 5.51. The van der Waals surface area contributed by atoms with Gasteiger partial charge in [-0.25, -0.2) is 0 Å². The van der Waals surface area contributed by atoms with Crippen LogP contribution in [-0.2, 0) is 17.8 Å². The van der Waals surface area contributed by atoms with Crippen LogP contribution in [0.5, 0.6) is 0 Å². The minimum Gasteiger partial charge on any atom is -0.383 e. The van der Waals surface area contributed by atoms with E-state index < -0.39 is 0 Å². The summed E-state index contributed by atoms with van der Waals surface area (Å²) in [5.74, 6) is 1.81. The quantitative estimate of drug-likeness (QED) is 0.716. The number of hydrogen-bond donors (Lipinski definition) is 1. The van der Waals surface area contributed by atoms with Crippen molar-refractivity contribution < 1.29 is 9.26 Å². The molecule has 0 bridgehead atoms. The number of aromatic nitrogens is 1. The molecule has 1 N–H and O–H groups in total. The molecule has 1 aromatic heterocycles. The maximum Gasteiger partial charge on any atom is 0.151 e. The van der Waals surface area contributed by atoms with Crippen LogP contribution < -0.4 is 5.32 Å². The van der Waals surface area contributed by atoms with Crippen LogP contribution in [0, 0.1) is 5.92 Å². The molecule has 0 amide bonds. The van der Waals surface area contributed by atoms with Crippen molar-refractivity contribution in [2.75, 3.05) is 20.3 Å². The first-order valence-electron chi connectivity index (χ1n) is 8.17. The number of hydrogen-bond acceptors (Lipinski definition) is 5. The Morgan fingerprint density at radius 3 is 2.90 bits per heavy atom. The fourth-order valence-corrected chi connectivity index (χ4v) is 2.76. The molecule has 21 heavy (non-hydrogen) atoms. The molecule has 1 heterocycles. The fourth-order valence-electron chi connectivity index (χ4n) is 2.76. The summed E-state index contributed by atoms with van der Waals surface area (Å²) < 4.78 is 10.7. The normalized spacial score (nSPS) is 20.1. The molecule has 1 aromatic rings. The lowest BCUT2D eigenvalue weighted by atomic mass is 10.1. The standard InChI is InChI=1S/C16H27N3O2/c1-12(13-3-4-13)19(7-8-20-2)11-16-9-15(18-21-16)10-17-14-5-6-14/h9,12-14,17H,3-8,10-11H2,1-2H3. The van der Waals surface area contributed by atoms with Gasteiger partial charge in [-0.05, 0) is 38.5 Å². The van der Waals surface area contributed by atoms with Crippen molar-refractivity contribution in [1.82, 2.24) is 15.4 Å². The Morgan fingerprint density at radius 1 is 1.43 bits per heavy atom. The Hall–Kier alpha value is -0.910. The molecule has 2 aliphatic rings. The molecule has 1 unspecified atom stereocenters. The number of rotatable bonds is 10. The van der Waals surface area contributed by atoms with Gasteiger partial charge >= 0.3 is 0 Å². The van der Waals surface area contributed by atoms with E-state index in [0.29, 0.717) is 12.1 Å². The van der Waals surface area contributed by atoms with Crippen molar-refractivity contribution in [2.24, 2.45) is 5.92 Å². The van der Waals surface area contributed by atoms with Crippen molar-refractivity contribution in [3.8, 4) is 0 Å². The van der Waals surface area contributed by atoms with Gasteiger partial charge in [0, 0.05) is 38.3 Å². The molecule has 0 saturated heterocycles. The molecule has 0 aliphatic heterocycles. The first-order chi connectivity index (χ1) is 10.3. The van der Waals surface area contributed by atoms with Crippen LogP contribution in [-0.4, -0.2) is 42.4 Å². The zero-order valence-corrected chi connectivity index (χ0v) is 13.2. The summed E-state index contributed by atoms with van der Waals surface area (Å²) in [7, 11) is 1.76. The molecular formula is C16H27N3O2. The SMILES string of the molecule is COCCN(Cc1cc(CNC2CC2)no1)C(C)C1CC1. The van der Waals surface area contributed by atoms with Gasteiger partial charge in [0.1, 0.15) is 0 Å². The zero-order chi connectivity index (χ0) is 14.7. The molecule has 118 valence electrons. The topological polar surface area (TPSA) is 50.5 Å². The lowest BCUT2D eigenvalue weighted by molar-refractivity contribution is 0.104. The van der Waals surface area contributed by atoms with E-state index >= 15 is 0 Å². The maximum atomic E-state index is 5.51. The molecule has 1 atom stereocenters. The summed E-state index contributed by atoms with van der Waals surface area (Å²) in [4.78, 5) is 2.46. The highest BCUT2D eigenvalue weighted by Gasteiger charge is 2.32. The Kier molecular flexibility index (Phi) is 4.93. The summed E-state index contributed by atoms with van der Waals surface area (Å²) in [5, 5.41) is 7.64. The summed E-state index contributed by atoms with van der Waals surface area (Å²) in [6, 6.07) is 3.39. The summed E-state index contributed by atoms with van der Waals surface area (Å²) >= 11 is 0. The van der Waals surface area contributed by atoms with Gasteiger partial charge in [0.2, 0.25) is 0 Å². The van der Waals surface area contributed by atoms with Crippen LogP contribution in [0.15, 0.2) is 10.6 Å². The summed E-state index contributed by atoms with van der Waals surface area (Å²) in [5.41, 5.74) is 1.02. The molecule has 0 spiro atoms. The molecule has 2 aliphatic carbocycles. The third-order valence-electron chi connectivity index (χ3n) is 4.58. The van der Waals surface area contributed by atoms with Crippen molar-refractivity contribution in [3.05, 3.63) is 17.5 Å². The van der Waals surface area contributed by atoms with E-state index in [1.165, 1.54) is 25.7 Å². The second-order valence-corrected chi connectivity index (χ2v) is 6.48. The number of nitrogens with one attached hydrogen (secondary N) is 1. The second kappa shape index (κ2) is 6.90. The molecule has 2 saturated carbocycles. The lowest BCUT2D eigenvalue weighted by Crippen LogP contribution is -2.36. The first-order valence-corrected chi connectivity index (χ1v) is 8.17. The summed E-state index contributed by atoms with van der Waals surface area (Å²) in [6.07, 6.45) is 5.32. The smallest absolute Gasteiger partial charge is 0.151 e. The van der Waals surface area contributed by atoms with Gasteiger partial charge in [-0.2, -0.15) is 0 Å². The van der Waals surface area contributed by atoms with Crippen molar-refractivity contribution >= 4 is 0 Å². The van der Waals surface area contributed by atoms with E-state index in [2.05, 4.69) is 28.4 Å². The predicted molar refractivity (Wildman–Crippen MR) is 80.8 cm³/mol. The zero-order valence-electron chi connectivity index (χ0n) is 13.2. The molecule has 0 radical (unpaired) electrons. The highest BCUT2D eigenvalue weighted by molar-refractivity contribution is 5.06. The average molecular weight is 293 g/mol. The minimum atomic E-state index is 0.596. The van der Waals surface area contributed by atoms with E-state index in [1.807, 2.05) is 0 Å². The highest BCUT2D eigenvalue weighted by atomic mass is 16.5. The van der Waals surface area contributed by atoms with E-state index in [1.54, 1.807) is 7.11 Å². The average Bonchev–Trinajstić information content (AvgIpc) is 3.40. The van der Waals surface area contributed by atoms with E-state index in [-0.39, 0.29) is 0 Å². The van der Waals surface area contributed by atoms with E-state index in [4.69, 9.17) is 9.26 Å². The van der Waals surface area contributed by atoms with Crippen LogP contribution in [0.3, 0.4) is 0 Å². The third-order valence-corrected chi connectivity index (χ3v) is 4.58. The van der Waals surface area contributed by atoms with Gasteiger partial charge in [0.25, 0.3) is 0 Å². The van der Waals surface area contributed by atoms with E-state index in [9.17, 15) is 0 Å². The Labute approximate surface area is 127 Å². The fraction of sp³-hybridized carbons (Fsp3) is 0.812. The van der Waals surface area contributed by atoms with Gasteiger partial charge < -0.3 is 14.6 Å². The Morgan fingerprint density at radius 2 is 2.24 bits per heavy atom. The third kappa shape index (κ3) is 4.53. The molecule has 2 fully saturated rings. The van der Waals surface area contributed by atoms with Gasteiger partial charge in [-0.15, -0.1) is 0 Å². The van der Waals surface area contributed by atoms with Gasteiger partial charge in [-0.1, -0.05) is 5.16 Å². The van der Waals surface area contributed by atoms with Crippen LogP contribution in [0.25, 0.3) is 0 Å². The van der Waals surface area contributed by atoms with Gasteiger partial charge in [0.15, 0.2) is 5.76 Å². The van der Waals surface area contributed by atoms with Crippen LogP contribution in [0.4, 0.5) is 0 Å². The molecular weight excluding hydrogens is 266 g/mol. The van der Waals surface area contributed by atoms with Crippen molar-refractivity contribution in [3.63, 3.8) is 0 Å². The number of ether oxygens (including phenoxy) is 1. The molecule has 0 aromatic carbocycles. The Bertz CT molecular complexity index is 440. The molecule has 5 heteroatoms. The summed E-state index contributed by atoms with van der Waals surface area (Å²) in [6.45, 7) is 5.69. The largest absolute Gasteiger partial charge is 0.383 e.